The Labute approximate surface area is 138 Å². The quantitative estimate of drug-likeness (QED) is 0.895. The molecule has 0 spiro atoms. The molecule has 0 radical (unpaired) electrons. The Morgan fingerprint density at radius 2 is 2.09 bits per heavy atom. The molecule has 1 saturated carbocycles. The smallest absolute Gasteiger partial charge is 0.306 e. The van der Waals surface area contributed by atoms with E-state index in [4.69, 9.17) is 0 Å². The molecule has 2 aliphatic rings. The van der Waals surface area contributed by atoms with Gasteiger partial charge in [-0.15, -0.1) is 0 Å². The average Bonchev–Trinajstić information content (AvgIpc) is 3.27. The van der Waals surface area contributed by atoms with E-state index in [0.29, 0.717) is 19.5 Å². The normalized spacial score (nSPS) is 26.5. The van der Waals surface area contributed by atoms with E-state index >= 15 is 0 Å². The molecule has 1 aliphatic carbocycles. The third kappa shape index (κ3) is 2.67. The Hall–Kier alpha value is -1.36. The number of benzene rings is 1. The second-order valence-corrected chi connectivity index (χ2v) is 7.47. The molecule has 118 valence electrons. The first-order valence-corrected chi connectivity index (χ1v) is 8.51. The highest BCUT2D eigenvalue weighted by molar-refractivity contribution is 9.10. The van der Waals surface area contributed by atoms with Crippen molar-refractivity contribution in [2.45, 2.75) is 31.6 Å². The molecule has 22 heavy (non-hydrogen) atoms. The molecule has 0 aromatic heterocycles. The first kappa shape index (κ1) is 15.5. The van der Waals surface area contributed by atoms with Gasteiger partial charge in [-0.25, -0.2) is 0 Å². The summed E-state index contributed by atoms with van der Waals surface area (Å²) in [5, 5.41) is 9.21. The number of carboxylic acid groups (broad SMARTS) is 1. The van der Waals surface area contributed by atoms with Crippen LogP contribution in [-0.4, -0.2) is 35.0 Å². The number of piperidine rings is 1. The highest BCUT2D eigenvalue weighted by Gasteiger charge is 2.53. The van der Waals surface area contributed by atoms with Crippen LogP contribution in [-0.2, 0) is 15.0 Å². The number of hydrogen-bond acceptors (Lipinski definition) is 2. The van der Waals surface area contributed by atoms with E-state index in [9.17, 15) is 14.7 Å². The summed E-state index contributed by atoms with van der Waals surface area (Å²) in [5.41, 5.74) is 0.694. The van der Waals surface area contributed by atoms with Gasteiger partial charge >= 0.3 is 5.97 Å². The fourth-order valence-corrected chi connectivity index (χ4v) is 3.94. The zero-order valence-corrected chi connectivity index (χ0v) is 14.2. The molecule has 1 saturated heterocycles. The fourth-order valence-electron chi connectivity index (χ4n) is 3.54. The molecular formula is C17H20BrNO3. The van der Waals surface area contributed by atoms with Gasteiger partial charge in [0.15, 0.2) is 0 Å². The third-order valence-corrected chi connectivity index (χ3v) is 5.54. The van der Waals surface area contributed by atoms with Crippen molar-refractivity contribution in [3.05, 3.63) is 34.3 Å². The van der Waals surface area contributed by atoms with Crippen molar-refractivity contribution in [3.8, 4) is 0 Å². The minimum absolute atomic E-state index is 0.00788. The Kier molecular flexibility index (Phi) is 4.02. The van der Waals surface area contributed by atoms with Gasteiger partial charge in [0.2, 0.25) is 5.91 Å². The van der Waals surface area contributed by atoms with Crippen LogP contribution < -0.4 is 0 Å². The van der Waals surface area contributed by atoms with Gasteiger partial charge < -0.3 is 10.0 Å². The number of likely N-dealkylation sites (tertiary alicyclic amines) is 1. The molecule has 5 heteroatoms. The minimum Gasteiger partial charge on any atom is -0.481 e. The number of aliphatic carboxylic acids is 1. The third-order valence-electron chi connectivity index (χ3n) is 5.05. The predicted octanol–water partition coefficient (Wildman–Crippen LogP) is 3.05. The van der Waals surface area contributed by atoms with Crippen LogP contribution in [0, 0.1) is 11.8 Å². The summed E-state index contributed by atoms with van der Waals surface area (Å²) in [7, 11) is 0. The Morgan fingerprint density at radius 1 is 1.36 bits per heavy atom. The Bertz CT molecular complexity index is 612. The molecule has 4 nitrogen and oxygen atoms in total. The lowest BCUT2D eigenvalue weighted by Gasteiger charge is -2.37. The average molecular weight is 366 g/mol. The number of hydrogen-bond donors (Lipinski definition) is 1. The molecule has 0 bridgehead atoms. The maximum atomic E-state index is 13.0. The summed E-state index contributed by atoms with van der Waals surface area (Å²) in [4.78, 5) is 26.1. The van der Waals surface area contributed by atoms with Gasteiger partial charge in [-0.05, 0) is 42.9 Å². The monoisotopic (exact) mass is 365 g/mol. The number of rotatable bonds is 3. The van der Waals surface area contributed by atoms with Crippen molar-refractivity contribution in [1.29, 1.82) is 0 Å². The molecule has 1 N–H and O–H groups in total. The van der Waals surface area contributed by atoms with Gasteiger partial charge in [0.1, 0.15) is 0 Å². The maximum Gasteiger partial charge on any atom is 0.306 e. The number of carbonyl (C=O) groups is 2. The lowest BCUT2D eigenvalue weighted by molar-refractivity contribution is -0.149. The van der Waals surface area contributed by atoms with Crippen LogP contribution in [0.5, 0.6) is 0 Å². The van der Waals surface area contributed by atoms with E-state index < -0.39 is 5.97 Å². The number of carbonyl (C=O) groups excluding carboxylic acids is 1. The number of halogens is 1. The number of amides is 1. The van der Waals surface area contributed by atoms with Gasteiger partial charge in [0, 0.05) is 17.6 Å². The highest BCUT2D eigenvalue weighted by Crippen LogP contribution is 2.50. The van der Waals surface area contributed by atoms with E-state index in [-0.39, 0.29) is 23.2 Å². The van der Waals surface area contributed by atoms with Crippen LogP contribution in [0.1, 0.15) is 31.7 Å². The lowest BCUT2D eigenvalue weighted by atomic mass is 9.85. The van der Waals surface area contributed by atoms with Crippen LogP contribution in [0.15, 0.2) is 28.7 Å². The Morgan fingerprint density at radius 3 is 2.64 bits per heavy atom. The van der Waals surface area contributed by atoms with E-state index in [0.717, 1.165) is 22.9 Å². The van der Waals surface area contributed by atoms with Crippen molar-refractivity contribution in [2.24, 2.45) is 11.8 Å². The van der Waals surface area contributed by atoms with Crippen molar-refractivity contribution >= 4 is 27.8 Å². The van der Waals surface area contributed by atoms with E-state index in [1.807, 2.05) is 36.1 Å². The Balaban J connectivity index is 1.76. The summed E-state index contributed by atoms with van der Waals surface area (Å²) in [6, 6.07) is 7.97. The van der Waals surface area contributed by atoms with Crippen LogP contribution in [0.3, 0.4) is 0 Å². The largest absolute Gasteiger partial charge is 0.481 e. The zero-order valence-electron chi connectivity index (χ0n) is 12.6. The second kappa shape index (κ2) is 5.69. The highest BCUT2D eigenvalue weighted by atomic mass is 79.9. The SMILES string of the molecule is CC1CN(C(=O)C2(c3cccc(Br)c3)CC2)CCC1C(=O)O. The van der Waals surface area contributed by atoms with Gasteiger partial charge in [0.05, 0.1) is 11.3 Å². The van der Waals surface area contributed by atoms with Gasteiger partial charge in [-0.3, -0.25) is 9.59 Å². The van der Waals surface area contributed by atoms with E-state index in [1.54, 1.807) is 0 Å². The molecule has 2 atom stereocenters. The summed E-state index contributed by atoms with van der Waals surface area (Å²) >= 11 is 3.47. The summed E-state index contributed by atoms with van der Waals surface area (Å²) in [5.74, 6) is -0.896. The second-order valence-electron chi connectivity index (χ2n) is 6.55. The molecule has 1 heterocycles. The van der Waals surface area contributed by atoms with Crippen LogP contribution in [0.4, 0.5) is 0 Å². The van der Waals surface area contributed by atoms with Crippen LogP contribution in [0.2, 0.25) is 0 Å². The topological polar surface area (TPSA) is 57.6 Å². The molecule has 1 amide bonds. The summed E-state index contributed by atoms with van der Waals surface area (Å²) < 4.78 is 0.988. The van der Waals surface area contributed by atoms with Crippen molar-refractivity contribution in [3.63, 3.8) is 0 Å². The van der Waals surface area contributed by atoms with E-state index in [1.165, 1.54) is 0 Å². The molecule has 2 unspecified atom stereocenters. The molecular weight excluding hydrogens is 346 g/mol. The molecule has 3 rings (SSSR count). The standard InChI is InChI=1S/C17H20BrNO3/c1-11-10-19(8-5-14(11)15(20)21)16(22)17(6-7-17)12-3-2-4-13(18)9-12/h2-4,9,11,14H,5-8,10H2,1H3,(H,20,21). The molecule has 2 fully saturated rings. The maximum absolute atomic E-state index is 13.0. The van der Waals surface area contributed by atoms with Crippen LogP contribution >= 0.6 is 15.9 Å². The summed E-state index contributed by atoms with van der Waals surface area (Å²) in [6.45, 7) is 3.03. The van der Waals surface area contributed by atoms with Crippen LogP contribution in [0.25, 0.3) is 0 Å². The number of nitrogens with zero attached hydrogens (tertiary/aromatic N) is 1. The van der Waals surface area contributed by atoms with Gasteiger partial charge in [0.25, 0.3) is 0 Å². The van der Waals surface area contributed by atoms with Crippen molar-refractivity contribution in [2.75, 3.05) is 13.1 Å². The minimum atomic E-state index is -0.743. The number of carboxylic acids is 1. The first-order valence-electron chi connectivity index (χ1n) is 7.72. The van der Waals surface area contributed by atoms with Gasteiger partial charge in [-0.1, -0.05) is 35.0 Å². The molecule has 1 aromatic rings. The molecule has 1 aliphatic heterocycles. The predicted molar refractivity (Wildman–Crippen MR) is 86.5 cm³/mol. The lowest BCUT2D eigenvalue weighted by Crippen LogP contribution is -2.48. The van der Waals surface area contributed by atoms with E-state index in [2.05, 4.69) is 15.9 Å². The zero-order chi connectivity index (χ0) is 15.9. The van der Waals surface area contributed by atoms with Crippen molar-refractivity contribution in [1.82, 2.24) is 4.90 Å². The van der Waals surface area contributed by atoms with Crippen molar-refractivity contribution < 1.29 is 14.7 Å². The summed E-state index contributed by atoms with van der Waals surface area (Å²) in [6.07, 6.45) is 2.32. The first-order chi connectivity index (χ1) is 10.4. The molecule has 1 aromatic carbocycles. The fraction of sp³-hybridized carbons (Fsp3) is 0.529. The van der Waals surface area contributed by atoms with Gasteiger partial charge in [-0.2, -0.15) is 0 Å².